The smallest absolute Gasteiger partial charge is 0.339 e. The Labute approximate surface area is 217 Å². The average molecular weight is 513 g/mol. The van der Waals surface area contributed by atoms with Gasteiger partial charge in [-0.2, -0.15) is 0 Å². The molecule has 200 valence electrons. The second-order valence-corrected chi connectivity index (χ2v) is 10.6. The van der Waals surface area contributed by atoms with Gasteiger partial charge >= 0.3 is 5.97 Å². The molecule has 0 amide bonds. The molecule has 4 rings (SSSR count). The van der Waals surface area contributed by atoms with E-state index in [1.807, 2.05) is 40.7 Å². The third kappa shape index (κ3) is 5.50. The number of aromatic nitrogens is 2. The summed E-state index contributed by atoms with van der Waals surface area (Å²) in [5, 5.41) is 9.99. The van der Waals surface area contributed by atoms with Crippen LogP contribution in [0.15, 0.2) is 12.1 Å². The Hall–Kier alpha value is -2.97. The molecule has 3 heterocycles. The van der Waals surface area contributed by atoms with Crippen molar-refractivity contribution in [2.45, 2.75) is 78.4 Å². The van der Waals surface area contributed by atoms with Crippen LogP contribution in [0, 0.1) is 19.7 Å². The number of hydrogen-bond acceptors (Lipinski definition) is 6. The van der Waals surface area contributed by atoms with E-state index in [9.17, 15) is 9.90 Å². The van der Waals surface area contributed by atoms with Crippen LogP contribution in [0.2, 0.25) is 0 Å². The van der Waals surface area contributed by atoms with Crippen molar-refractivity contribution < 1.29 is 28.5 Å². The Morgan fingerprint density at radius 3 is 2.70 bits per heavy atom. The molecular formula is C29H37FN2O5. The predicted octanol–water partition coefficient (Wildman–Crippen LogP) is 5.66. The van der Waals surface area contributed by atoms with Crippen molar-refractivity contribution in [2.24, 2.45) is 0 Å². The molecule has 1 aromatic carbocycles. The van der Waals surface area contributed by atoms with Gasteiger partial charge in [0, 0.05) is 40.1 Å². The molecule has 8 heteroatoms. The van der Waals surface area contributed by atoms with Gasteiger partial charge in [-0.3, -0.25) is 0 Å². The number of aliphatic hydroxyl groups is 1. The van der Waals surface area contributed by atoms with Gasteiger partial charge in [0.25, 0.3) is 0 Å². The summed E-state index contributed by atoms with van der Waals surface area (Å²) in [5.41, 5.74) is 5.26. The third-order valence-corrected chi connectivity index (χ3v) is 6.77. The number of ether oxygens (including phenoxy) is 3. The van der Waals surface area contributed by atoms with Crippen molar-refractivity contribution in [3.8, 4) is 16.9 Å². The number of pyridine rings is 1. The number of unbranched alkanes of at least 4 members (excludes halogenated alkanes) is 1. The third-order valence-electron chi connectivity index (χ3n) is 6.77. The molecule has 2 N–H and O–H groups in total. The second-order valence-electron chi connectivity index (χ2n) is 10.6. The van der Waals surface area contributed by atoms with Crippen LogP contribution in [0.25, 0.3) is 22.2 Å². The number of fused-ring (bicyclic) bond motifs is 2. The van der Waals surface area contributed by atoms with Gasteiger partial charge in [0.2, 0.25) is 0 Å². The lowest BCUT2D eigenvalue weighted by atomic mass is 9.86. The number of carbonyl (C=O) groups is 1. The largest absolute Gasteiger partial charge is 0.490 e. The molecule has 37 heavy (non-hydrogen) atoms. The summed E-state index contributed by atoms with van der Waals surface area (Å²) in [7, 11) is 1.33. The molecule has 0 saturated carbocycles. The molecule has 0 bridgehead atoms. The Balaban J connectivity index is 2.04. The Morgan fingerprint density at radius 2 is 2.03 bits per heavy atom. The Kier molecular flexibility index (Phi) is 7.90. The summed E-state index contributed by atoms with van der Waals surface area (Å²) in [4.78, 5) is 21.3. The molecule has 1 atom stereocenters. The van der Waals surface area contributed by atoms with Gasteiger partial charge in [0.15, 0.2) is 17.7 Å². The van der Waals surface area contributed by atoms with Crippen LogP contribution in [0.5, 0.6) is 5.75 Å². The Bertz CT molecular complexity index is 1310. The van der Waals surface area contributed by atoms with Crippen molar-refractivity contribution in [3.63, 3.8) is 0 Å². The van der Waals surface area contributed by atoms with E-state index in [1.165, 1.54) is 13.2 Å². The minimum atomic E-state index is -1.06. The zero-order valence-corrected chi connectivity index (χ0v) is 22.6. The average Bonchev–Trinajstić information content (AvgIpc) is 3.25. The summed E-state index contributed by atoms with van der Waals surface area (Å²) in [6.45, 7) is 10.1. The minimum absolute atomic E-state index is 0.133. The normalized spacial score (nSPS) is 14.4. The number of halogens is 1. The fraction of sp³-hybridized carbons (Fsp3) is 0.517. The van der Waals surface area contributed by atoms with Crippen LogP contribution in [0.4, 0.5) is 4.39 Å². The highest BCUT2D eigenvalue weighted by Gasteiger charge is 2.34. The van der Waals surface area contributed by atoms with Gasteiger partial charge in [-0.25, -0.2) is 14.2 Å². The monoisotopic (exact) mass is 512 g/mol. The number of hydrogen-bond donors (Lipinski definition) is 2. The zero-order chi connectivity index (χ0) is 26.9. The van der Waals surface area contributed by atoms with Crippen molar-refractivity contribution in [3.05, 3.63) is 46.0 Å². The van der Waals surface area contributed by atoms with Crippen LogP contribution in [0.1, 0.15) is 74.2 Å². The Morgan fingerprint density at radius 1 is 1.27 bits per heavy atom. The molecule has 3 aromatic rings. The second kappa shape index (κ2) is 10.8. The van der Waals surface area contributed by atoms with E-state index in [2.05, 4.69) is 4.98 Å². The van der Waals surface area contributed by atoms with Crippen molar-refractivity contribution in [2.75, 3.05) is 20.3 Å². The fourth-order valence-corrected chi connectivity index (χ4v) is 5.11. The van der Waals surface area contributed by atoms with Crippen molar-refractivity contribution in [1.82, 2.24) is 9.97 Å². The SMILES string of the molecule is COC(=O)C(OC(C)(C)C)c1c(C)nc2[nH]c(CCCCO)cc2c1-c1cc(F)c2c(c1C)CCCO2. The lowest BCUT2D eigenvalue weighted by Gasteiger charge is -2.29. The predicted molar refractivity (Wildman–Crippen MR) is 140 cm³/mol. The summed E-state index contributed by atoms with van der Waals surface area (Å²) in [5.74, 6) is -0.655. The molecule has 1 aliphatic rings. The molecule has 7 nitrogen and oxygen atoms in total. The highest BCUT2D eigenvalue weighted by molar-refractivity contribution is 5.99. The van der Waals surface area contributed by atoms with Crippen LogP contribution in [0.3, 0.4) is 0 Å². The molecule has 0 spiro atoms. The molecule has 1 unspecified atom stereocenters. The maximum Gasteiger partial charge on any atom is 0.339 e. The van der Waals surface area contributed by atoms with E-state index in [1.54, 1.807) is 0 Å². The highest BCUT2D eigenvalue weighted by Crippen LogP contribution is 2.44. The number of carbonyl (C=O) groups excluding carboxylic acids is 1. The quantitative estimate of drug-likeness (QED) is 0.299. The fourth-order valence-electron chi connectivity index (χ4n) is 5.11. The van der Waals surface area contributed by atoms with E-state index in [0.717, 1.165) is 41.5 Å². The van der Waals surface area contributed by atoms with Crippen LogP contribution in [-0.2, 0) is 27.1 Å². The number of aromatic amines is 1. The van der Waals surface area contributed by atoms with Gasteiger partial charge in [-0.1, -0.05) is 0 Å². The first-order valence-corrected chi connectivity index (χ1v) is 12.9. The number of methoxy groups -OCH3 is 1. The number of H-pyrrole nitrogens is 1. The standard InChI is InChI=1S/C29H37FN2O5/c1-16-19-11-9-13-36-25(19)22(30)15-20(16)24-21-14-18(10-7-8-12-33)32-27(21)31-17(2)23(24)26(28(34)35-6)37-29(3,4)5/h14-15,26,33H,7-13H2,1-6H3,(H,31,32). The van der Waals surface area contributed by atoms with Gasteiger partial charge in [0.05, 0.1) is 19.3 Å². The summed E-state index contributed by atoms with van der Waals surface area (Å²) in [6.07, 6.45) is 2.71. The molecule has 2 aromatic heterocycles. The number of aryl methyl sites for hydroxylation is 2. The first kappa shape index (κ1) is 27.1. The van der Waals surface area contributed by atoms with Gasteiger partial charge in [-0.05, 0) is 90.0 Å². The maximum atomic E-state index is 15.4. The molecule has 1 aliphatic heterocycles. The van der Waals surface area contributed by atoms with Crippen molar-refractivity contribution in [1.29, 1.82) is 0 Å². The van der Waals surface area contributed by atoms with E-state index in [0.29, 0.717) is 53.2 Å². The number of nitrogens with zero attached hydrogens (tertiary/aromatic N) is 1. The first-order valence-electron chi connectivity index (χ1n) is 12.9. The summed E-state index contributed by atoms with van der Waals surface area (Å²) in [6, 6.07) is 3.51. The minimum Gasteiger partial charge on any atom is -0.490 e. The van der Waals surface area contributed by atoms with Crippen LogP contribution in [-0.4, -0.2) is 47.0 Å². The highest BCUT2D eigenvalue weighted by atomic mass is 19.1. The van der Waals surface area contributed by atoms with E-state index in [-0.39, 0.29) is 6.61 Å². The maximum absolute atomic E-state index is 15.4. The number of nitrogens with one attached hydrogen (secondary N) is 1. The topological polar surface area (TPSA) is 93.7 Å². The zero-order valence-electron chi connectivity index (χ0n) is 22.6. The number of rotatable bonds is 8. The number of aliphatic hydroxyl groups excluding tert-OH is 1. The number of benzene rings is 1. The van der Waals surface area contributed by atoms with Gasteiger partial charge < -0.3 is 24.3 Å². The van der Waals surface area contributed by atoms with E-state index < -0.39 is 23.5 Å². The van der Waals surface area contributed by atoms with Crippen LogP contribution < -0.4 is 4.74 Å². The molecule has 0 radical (unpaired) electrons. The van der Waals surface area contributed by atoms with Gasteiger partial charge in [0.1, 0.15) is 5.65 Å². The molecule has 0 fully saturated rings. The summed E-state index contributed by atoms with van der Waals surface area (Å²) < 4.78 is 32.6. The molecule has 0 aliphatic carbocycles. The summed E-state index contributed by atoms with van der Waals surface area (Å²) >= 11 is 0. The van der Waals surface area contributed by atoms with Crippen LogP contribution >= 0.6 is 0 Å². The van der Waals surface area contributed by atoms with E-state index >= 15 is 4.39 Å². The first-order chi connectivity index (χ1) is 17.6. The van der Waals surface area contributed by atoms with Gasteiger partial charge in [-0.15, -0.1) is 0 Å². The lowest BCUT2D eigenvalue weighted by molar-refractivity contribution is -0.164. The molecule has 0 saturated heterocycles. The number of esters is 1. The van der Waals surface area contributed by atoms with E-state index in [4.69, 9.17) is 19.2 Å². The lowest BCUT2D eigenvalue weighted by Crippen LogP contribution is -2.29. The molecular weight excluding hydrogens is 475 g/mol. The van der Waals surface area contributed by atoms with Crippen molar-refractivity contribution >= 4 is 17.0 Å².